The van der Waals surface area contributed by atoms with E-state index < -0.39 is 28.5 Å². The zero-order chi connectivity index (χ0) is 28.6. The Morgan fingerprint density at radius 1 is 1.00 bits per heavy atom. The molecule has 10 heteroatoms. The Bertz CT molecular complexity index is 1400. The number of nitrogens with one attached hydrogen (secondary N) is 1. The maximum atomic E-state index is 14.0. The van der Waals surface area contributed by atoms with E-state index in [-0.39, 0.29) is 23.0 Å². The first-order valence-electron chi connectivity index (χ1n) is 12.7. The topological polar surface area (TPSA) is 96.0 Å². The van der Waals surface area contributed by atoms with Crippen molar-refractivity contribution in [1.29, 1.82) is 0 Å². The van der Waals surface area contributed by atoms with Gasteiger partial charge in [0.2, 0.25) is 11.8 Å². The number of rotatable bonds is 12. The molecule has 0 saturated heterocycles. The first kappa shape index (κ1) is 30.0. The Morgan fingerprint density at radius 2 is 1.69 bits per heavy atom. The lowest BCUT2D eigenvalue weighted by Gasteiger charge is -2.33. The van der Waals surface area contributed by atoms with Crippen LogP contribution in [0.5, 0.6) is 5.75 Å². The smallest absolute Gasteiger partial charge is 0.264 e. The van der Waals surface area contributed by atoms with Gasteiger partial charge in [-0.05, 0) is 67.8 Å². The fourth-order valence-electron chi connectivity index (χ4n) is 4.28. The van der Waals surface area contributed by atoms with Crippen molar-refractivity contribution in [1.82, 2.24) is 10.2 Å². The number of anilines is 1. The standard InChI is InChI=1S/C29H34ClN3O5S/c1-5-26(29(35)31-6-2)32(19-22-12-10-13-23(18-22)38-4)28(34)20-33(27-17-11-16-25(30)21(27)3)39(36,37)24-14-8-7-9-15-24/h7-18,26H,5-6,19-20H2,1-4H3,(H,31,35). The van der Waals surface area contributed by atoms with Crippen LogP contribution in [0.15, 0.2) is 77.7 Å². The number of methoxy groups -OCH3 is 1. The van der Waals surface area contributed by atoms with Crippen LogP contribution in [-0.4, -0.2) is 51.4 Å². The highest BCUT2D eigenvalue weighted by molar-refractivity contribution is 7.92. The number of benzene rings is 3. The molecule has 0 heterocycles. The van der Waals surface area contributed by atoms with E-state index in [1.807, 2.05) is 13.0 Å². The highest BCUT2D eigenvalue weighted by atomic mass is 35.5. The summed E-state index contributed by atoms with van der Waals surface area (Å²) in [5.74, 6) is -0.240. The molecule has 1 unspecified atom stereocenters. The number of likely N-dealkylation sites (N-methyl/N-ethyl adjacent to an activating group) is 1. The van der Waals surface area contributed by atoms with Crippen molar-refractivity contribution in [3.8, 4) is 5.75 Å². The van der Waals surface area contributed by atoms with E-state index >= 15 is 0 Å². The highest BCUT2D eigenvalue weighted by Crippen LogP contribution is 2.31. The van der Waals surface area contributed by atoms with Gasteiger partial charge in [0, 0.05) is 18.1 Å². The minimum Gasteiger partial charge on any atom is -0.497 e. The molecule has 0 fully saturated rings. The second-order valence-corrected chi connectivity index (χ2v) is 11.2. The van der Waals surface area contributed by atoms with E-state index in [1.165, 1.54) is 17.0 Å². The summed E-state index contributed by atoms with van der Waals surface area (Å²) >= 11 is 6.36. The summed E-state index contributed by atoms with van der Waals surface area (Å²) < 4.78 is 34.2. The molecule has 8 nitrogen and oxygen atoms in total. The Labute approximate surface area is 235 Å². The third-order valence-electron chi connectivity index (χ3n) is 6.34. The van der Waals surface area contributed by atoms with Gasteiger partial charge in [-0.15, -0.1) is 0 Å². The van der Waals surface area contributed by atoms with Crippen LogP contribution >= 0.6 is 11.6 Å². The zero-order valence-electron chi connectivity index (χ0n) is 22.6. The van der Waals surface area contributed by atoms with Crippen molar-refractivity contribution in [3.63, 3.8) is 0 Å². The van der Waals surface area contributed by atoms with Crippen molar-refractivity contribution < 1.29 is 22.7 Å². The predicted molar refractivity (Wildman–Crippen MR) is 153 cm³/mol. The normalized spacial score (nSPS) is 11.9. The number of hydrogen-bond donors (Lipinski definition) is 1. The Balaban J connectivity index is 2.10. The number of sulfonamides is 1. The molecule has 3 aromatic carbocycles. The van der Waals surface area contributed by atoms with Crippen LogP contribution in [-0.2, 0) is 26.2 Å². The van der Waals surface area contributed by atoms with Crippen molar-refractivity contribution in [2.75, 3.05) is 24.5 Å². The second kappa shape index (κ2) is 13.5. The third kappa shape index (κ3) is 7.10. The number of carbonyl (C=O) groups is 2. The molecule has 0 spiro atoms. The third-order valence-corrected chi connectivity index (χ3v) is 8.53. The van der Waals surface area contributed by atoms with Crippen LogP contribution in [0.2, 0.25) is 5.02 Å². The van der Waals surface area contributed by atoms with Crippen molar-refractivity contribution >= 4 is 39.1 Å². The van der Waals surface area contributed by atoms with Gasteiger partial charge in [0.15, 0.2) is 0 Å². The number of amides is 2. The van der Waals surface area contributed by atoms with E-state index in [9.17, 15) is 18.0 Å². The van der Waals surface area contributed by atoms with E-state index in [1.54, 1.807) is 75.6 Å². The Kier molecular flexibility index (Phi) is 10.4. The lowest BCUT2D eigenvalue weighted by atomic mass is 10.1. The van der Waals surface area contributed by atoms with Gasteiger partial charge in [-0.2, -0.15) is 0 Å². The summed E-state index contributed by atoms with van der Waals surface area (Å²) in [5, 5.41) is 3.16. The molecule has 0 aliphatic rings. The minimum atomic E-state index is -4.16. The van der Waals surface area contributed by atoms with Gasteiger partial charge in [-0.1, -0.05) is 54.9 Å². The lowest BCUT2D eigenvalue weighted by Crippen LogP contribution is -2.52. The van der Waals surface area contributed by atoms with Crippen LogP contribution in [0.4, 0.5) is 5.69 Å². The van der Waals surface area contributed by atoms with Crippen molar-refractivity contribution in [2.45, 2.75) is 44.7 Å². The SMILES string of the molecule is CCNC(=O)C(CC)N(Cc1cccc(OC)c1)C(=O)CN(c1cccc(Cl)c1C)S(=O)(=O)c1ccccc1. The first-order valence-corrected chi connectivity index (χ1v) is 14.5. The average molecular weight is 572 g/mol. The first-order chi connectivity index (χ1) is 18.6. The second-order valence-electron chi connectivity index (χ2n) is 8.90. The van der Waals surface area contributed by atoms with E-state index in [0.717, 1.165) is 9.87 Å². The summed E-state index contributed by atoms with van der Waals surface area (Å²) in [5.41, 5.74) is 1.54. The molecule has 0 saturated carbocycles. The highest BCUT2D eigenvalue weighted by Gasteiger charge is 2.34. The summed E-state index contributed by atoms with van der Waals surface area (Å²) in [6, 6.07) is 19.2. The van der Waals surface area contributed by atoms with Gasteiger partial charge >= 0.3 is 0 Å². The van der Waals surface area contributed by atoms with Gasteiger partial charge < -0.3 is 15.0 Å². The lowest BCUT2D eigenvalue weighted by molar-refractivity contribution is -0.140. The van der Waals surface area contributed by atoms with Crippen LogP contribution < -0.4 is 14.4 Å². The largest absolute Gasteiger partial charge is 0.497 e. The molecule has 3 aromatic rings. The van der Waals surface area contributed by atoms with Crippen LogP contribution in [0.25, 0.3) is 0 Å². The van der Waals surface area contributed by atoms with Crippen molar-refractivity contribution in [2.24, 2.45) is 0 Å². The van der Waals surface area contributed by atoms with Crippen molar-refractivity contribution in [3.05, 3.63) is 88.9 Å². The molecule has 1 atom stereocenters. The van der Waals surface area contributed by atoms with Gasteiger partial charge in [-0.25, -0.2) is 8.42 Å². The van der Waals surface area contributed by atoms with E-state index in [4.69, 9.17) is 16.3 Å². The Morgan fingerprint density at radius 3 is 2.33 bits per heavy atom. The number of halogens is 1. The summed E-state index contributed by atoms with van der Waals surface area (Å²) in [6.07, 6.45) is 0.336. The van der Waals surface area contributed by atoms with Crippen LogP contribution in [0.1, 0.15) is 31.4 Å². The monoisotopic (exact) mass is 571 g/mol. The van der Waals surface area contributed by atoms with E-state index in [0.29, 0.717) is 29.3 Å². The van der Waals surface area contributed by atoms with Crippen LogP contribution in [0.3, 0.4) is 0 Å². The number of nitrogens with zero attached hydrogens (tertiary/aromatic N) is 2. The van der Waals surface area contributed by atoms with Gasteiger partial charge in [0.1, 0.15) is 18.3 Å². The average Bonchev–Trinajstić information content (AvgIpc) is 2.94. The fraction of sp³-hybridized carbons (Fsp3) is 0.310. The molecule has 0 aliphatic carbocycles. The van der Waals surface area contributed by atoms with Gasteiger partial charge in [-0.3, -0.25) is 13.9 Å². The molecule has 3 rings (SSSR count). The molecule has 1 N–H and O–H groups in total. The zero-order valence-corrected chi connectivity index (χ0v) is 24.1. The fourth-order valence-corrected chi connectivity index (χ4v) is 5.94. The molecule has 0 bridgehead atoms. The molecular formula is C29H34ClN3O5S. The molecule has 208 valence electrons. The number of hydrogen-bond acceptors (Lipinski definition) is 5. The maximum Gasteiger partial charge on any atom is 0.264 e. The summed E-state index contributed by atoms with van der Waals surface area (Å²) in [4.78, 5) is 28.5. The molecular weight excluding hydrogens is 538 g/mol. The molecule has 0 aliphatic heterocycles. The molecule has 0 aromatic heterocycles. The number of carbonyl (C=O) groups excluding carboxylic acids is 2. The van der Waals surface area contributed by atoms with Gasteiger partial charge in [0.05, 0.1) is 17.7 Å². The molecule has 2 amide bonds. The predicted octanol–water partition coefficient (Wildman–Crippen LogP) is 4.80. The minimum absolute atomic E-state index is 0.0345. The van der Waals surface area contributed by atoms with E-state index in [2.05, 4.69) is 5.32 Å². The Hall–Kier alpha value is -3.56. The van der Waals surface area contributed by atoms with Gasteiger partial charge in [0.25, 0.3) is 10.0 Å². The number of ether oxygens (including phenoxy) is 1. The molecule has 0 radical (unpaired) electrons. The molecule has 39 heavy (non-hydrogen) atoms. The quantitative estimate of drug-likeness (QED) is 0.337. The van der Waals surface area contributed by atoms with Crippen LogP contribution in [0, 0.1) is 6.92 Å². The summed E-state index contributed by atoms with van der Waals surface area (Å²) in [6.45, 7) is 5.26. The summed E-state index contributed by atoms with van der Waals surface area (Å²) in [7, 11) is -2.61. The maximum absolute atomic E-state index is 14.0.